The molecule has 0 heterocycles. The van der Waals surface area contributed by atoms with Crippen molar-refractivity contribution >= 4 is 5.97 Å². The van der Waals surface area contributed by atoms with Gasteiger partial charge in [0.1, 0.15) is 0 Å². The van der Waals surface area contributed by atoms with Crippen LogP contribution in [-0.4, -0.2) is 29.6 Å². The number of halogens is 2. The van der Waals surface area contributed by atoms with Crippen molar-refractivity contribution in [1.29, 1.82) is 0 Å². The fourth-order valence-electron chi connectivity index (χ4n) is 2.29. The second kappa shape index (κ2) is 3.15. The zero-order valence-corrected chi connectivity index (χ0v) is 7.67. The van der Waals surface area contributed by atoms with Gasteiger partial charge in [-0.25, -0.2) is 4.79 Å². The number of fused-ring (bicyclic) bond motifs is 1. The smallest absolute Gasteiger partial charge is 0.375 e. The van der Waals surface area contributed by atoms with Gasteiger partial charge in [-0.05, 0) is 31.1 Å². The van der Waals surface area contributed by atoms with E-state index in [1.54, 1.807) is 0 Å². The minimum absolute atomic E-state index is 0.116. The third kappa shape index (κ3) is 1.73. The Morgan fingerprint density at radius 1 is 1.50 bits per heavy atom. The minimum Gasteiger partial charge on any atom is -0.477 e. The fourth-order valence-corrected chi connectivity index (χ4v) is 2.29. The quantitative estimate of drug-likeness (QED) is 0.722. The number of alkyl halides is 2. The first-order chi connectivity index (χ1) is 6.50. The Morgan fingerprint density at radius 2 is 2.21 bits per heavy atom. The number of aliphatic carboxylic acids is 1. The lowest BCUT2D eigenvalue weighted by molar-refractivity contribution is -0.164. The number of nitrogens with one attached hydrogen (secondary N) is 1. The van der Waals surface area contributed by atoms with Crippen LogP contribution in [0.15, 0.2) is 0 Å². The summed E-state index contributed by atoms with van der Waals surface area (Å²) in [7, 11) is 0. The molecule has 0 aromatic carbocycles. The first-order valence-corrected chi connectivity index (χ1v) is 4.85. The predicted molar refractivity (Wildman–Crippen MR) is 45.2 cm³/mol. The van der Waals surface area contributed by atoms with Crippen molar-refractivity contribution in [2.24, 2.45) is 11.8 Å². The summed E-state index contributed by atoms with van der Waals surface area (Å²) in [4.78, 5) is 10.1. The summed E-state index contributed by atoms with van der Waals surface area (Å²) >= 11 is 0. The lowest BCUT2D eigenvalue weighted by Gasteiger charge is -2.17. The molecule has 3 atom stereocenters. The Hall–Kier alpha value is -0.710. The molecule has 0 amide bonds. The zero-order valence-electron chi connectivity index (χ0n) is 7.67. The molecule has 0 saturated heterocycles. The molecule has 0 aliphatic heterocycles. The highest BCUT2D eigenvalue weighted by Crippen LogP contribution is 2.51. The summed E-state index contributed by atoms with van der Waals surface area (Å²) in [5.74, 6) is -4.44. The van der Waals surface area contributed by atoms with Gasteiger partial charge in [0.15, 0.2) is 0 Å². The van der Waals surface area contributed by atoms with Crippen LogP contribution in [0.4, 0.5) is 8.78 Å². The van der Waals surface area contributed by atoms with Gasteiger partial charge in [0.25, 0.3) is 0 Å². The van der Waals surface area contributed by atoms with Crippen molar-refractivity contribution in [3.8, 4) is 0 Å². The van der Waals surface area contributed by atoms with E-state index in [2.05, 4.69) is 5.32 Å². The maximum Gasteiger partial charge on any atom is 0.375 e. The van der Waals surface area contributed by atoms with Crippen LogP contribution in [0.5, 0.6) is 0 Å². The number of carboxylic acids is 1. The maximum absolute atomic E-state index is 12.7. The molecule has 0 aromatic heterocycles. The van der Waals surface area contributed by atoms with Crippen LogP contribution in [0.3, 0.4) is 0 Å². The third-order valence-corrected chi connectivity index (χ3v) is 3.24. The van der Waals surface area contributed by atoms with Crippen LogP contribution in [0, 0.1) is 11.8 Å². The summed E-state index contributed by atoms with van der Waals surface area (Å²) < 4.78 is 25.4. The second-order valence-corrected chi connectivity index (χ2v) is 4.23. The topological polar surface area (TPSA) is 49.3 Å². The van der Waals surface area contributed by atoms with Gasteiger partial charge in [-0.15, -0.1) is 0 Å². The van der Waals surface area contributed by atoms with Gasteiger partial charge in [0, 0.05) is 6.04 Å². The Labute approximate surface area is 80.5 Å². The molecule has 2 N–H and O–H groups in total. The fraction of sp³-hybridized carbons (Fsp3) is 0.889. The van der Waals surface area contributed by atoms with Gasteiger partial charge in [0.05, 0.1) is 6.54 Å². The van der Waals surface area contributed by atoms with E-state index in [0.717, 1.165) is 19.3 Å². The highest BCUT2D eigenvalue weighted by atomic mass is 19.3. The van der Waals surface area contributed by atoms with Gasteiger partial charge in [-0.1, -0.05) is 0 Å². The Bertz CT molecular complexity index is 257. The van der Waals surface area contributed by atoms with Crippen LogP contribution in [0.25, 0.3) is 0 Å². The molecule has 0 aromatic rings. The van der Waals surface area contributed by atoms with Crippen LogP contribution in [0.2, 0.25) is 0 Å². The second-order valence-electron chi connectivity index (χ2n) is 4.23. The standard InChI is InChI=1S/C9H13F2NO2/c10-9(11,8(13)14)4-12-7-2-1-5-3-6(5)7/h5-7,12H,1-4H2,(H,13,14). The van der Waals surface area contributed by atoms with Crippen molar-refractivity contribution < 1.29 is 18.7 Å². The number of carbonyl (C=O) groups is 1. The van der Waals surface area contributed by atoms with Gasteiger partial charge in [-0.2, -0.15) is 8.78 Å². The first kappa shape index (κ1) is 9.83. The number of rotatable bonds is 4. The van der Waals surface area contributed by atoms with E-state index in [4.69, 9.17) is 5.11 Å². The van der Waals surface area contributed by atoms with Crippen LogP contribution in [0.1, 0.15) is 19.3 Å². The lowest BCUT2D eigenvalue weighted by atomic mass is 10.1. The molecule has 3 unspecified atom stereocenters. The third-order valence-electron chi connectivity index (χ3n) is 3.24. The van der Waals surface area contributed by atoms with Crippen molar-refractivity contribution in [3.63, 3.8) is 0 Å². The summed E-state index contributed by atoms with van der Waals surface area (Å²) in [5, 5.41) is 10.9. The van der Waals surface area contributed by atoms with Crippen molar-refractivity contribution in [3.05, 3.63) is 0 Å². The van der Waals surface area contributed by atoms with Gasteiger partial charge in [0.2, 0.25) is 0 Å². The van der Waals surface area contributed by atoms with Gasteiger partial charge < -0.3 is 10.4 Å². The monoisotopic (exact) mass is 205 g/mol. The first-order valence-electron chi connectivity index (χ1n) is 4.85. The molecule has 2 aliphatic carbocycles. The molecule has 2 fully saturated rings. The van der Waals surface area contributed by atoms with Crippen LogP contribution in [-0.2, 0) is 4.79 Å². The number of hydrogen-bond donors (Lipinski definition) is 2. The van der Waals surface area contributed by atoms with E-state index >= 15 is 0 Å². The van der Waals surface area contributed by atoms with Crippen molar-refractivity contribution in [1.82, 2.24) is 5.32 Å². The molecule has 0 bridgehead atoms. The molecule has 5 heteroatoms. The van der Waals surface area contributed by atoms with Crippen LogP contribution >= 0.6 is 0 Å². The average molecular weight is 205 g/mol. The van der Waals surface area contributed by atoms with Crippen LogP contribution < -0.4 is 5.32 Å². The largest absolute Gasteiger partial charge is 0.477 e. The highest BCUT2D eigenvalue weighted by Gasteiger charge is 2.49. The maximum atomic E-state index is 12.7. The van der Waals surface area contributed by atoms with E-state index in [1.165, 1.54) is 0 Å². The average Bonchev–Trinajstić information content (AvgIpc) is 2.77. The summed E-state index contributed by atoms with van der Waals surface area (Å²) in [6.45, 7) is -0.740. The molecule has 0 spiro atoms. The molecule has 3 nitrogen and oxygen atoms in total. The Kier molecular flexibility index (Phi) is 2.21. The molecule has 2 saturated carbocycles. The predicted octanol–water partition coefficient (Wildman–Crippen LogP) is 1.09. The number of carboxylic acid groups (broad SMARTS) is 1. The summed E-state index contributed by atoms with van der Waals surface area (Å²) in [6.07, 6.45) is 3.13. The molecule has 0 radical (unpaired) electrons. The molecule has 14 heavy (non-hydrogen) atoms. The van der Waals surface area contributed by atoms with Crippen molar-refractivity contribution in [2.45, 2.75) is 31.2 Å². The van der Waals surface area contributed by atoms with E-state index in [1.807, 2.05) is 0 Å². The zero-order chi connectivity index (χ0) is 10.3. The minimum atomic E-state index is -3.63. The molecular weight excluding hydrogens is 192 g/mol. The van der Waals surface area contributed by atoms with E-state index < -0.39 is 18.4 Å². The molecule has 2 aliphatic rings. The normalized spacial score (nSPS) is 35.4. The Balaban J connectivity index is 1.79. The molecule has 80 valence electrons. The Morgan fingerprint density at radius 3 is 2.64 bits per heavy atom. The molecular formula is C9H13F2NO2. The van der Waals surface area contributed by atoms with Gasteiger partial charge >= 0.3 is 11.9 Å². The number of hydrogen-bond acceptors (Lipinski definition) is 2. The SMILES string of the molecule is O=C(O)C(F)(F)CNC1CCC2CC21. The van der Waals surface area contributed by atoms with Gasteiger partial charge in [-0.3, -0.25) is 0 Å². The van der Waals surface area contributed by atoms with Crippen molar-refractivity contribution in [2.75, 3.05) is 6.54 Å². The molecule has 2 rings (SSSR count). The summed E-state index contributed by atoms with van der Waals surface area (Å²) in [5.41, 5.74) is 0. The lowest BCUT2D eigenvalue weighted by Crippen LogP contribution is -2.44. The highest BCUT2D eigenvalue weighted by molar-refractivity contribution is 5.75. The van der Waals surface area contributed by atoms with E-state index in [0.29, 0.717) is 11.8 Å². The summed E-state index contributed by atoms with van der Waals surface area (Å²) in [6, 6.07) is 0.116. The van der Waals surface area contributed by atoms with E-state index in [-0.39, 0.29) is 6.04 Å². The van der Waals surface area contributed by atoms with E-state index in [9.17, 15) is 13.6 Å².